The van der Waals surface area contributed by atoms with Gasteiger partial charge in [0.15, 0.2) is 0 Å². The fourth-order valence-electron chi connectivity index (χ4n) is 0.684. The molecule has 0 rings (SSSR count). The minimum Gasteiger partial charge on any atom is -0.478 e. The van der Waals surface area contributed by atoms with E-state index in [1.54, 1.807) is 0 Å². The molecule has 0 saturated carbocycles. The second kappa shape index (κ2) is 4.50. The van der Waals surface area contributed by atoms with Gasteiger partial charge in [0, 0.05) is 14.2 Å². The molecule has 0 heterocycles. The van der Waals surface area contributed by atoms with E-state index >= 15 is 0 Å². The normalized spacial score (nSPS) is 11.8. The highest BCUT2D eigenvalue weighted by molar-refractivity contribution is 5.89. The summed E-state index contributed by atoms with van der Waals surface area (Å²) in [6.07, 6.45) is -0.231. The number of carboxylic acid groups (broad SMARTS) is 1. The maximum Gasteiger partial charge on any atom is 0.354 e. The molecule has 1 unspecified atom stereocenters. The number of amides is 1. The van der Waals surface area contributed by atoms with Crippen molar-refractivity contribution in [1.82, 2.24) is 4.90 Å². The van der Waals surface area contributed by atoms with E-state index in [9.17, 15) is 9.59 Å². The third-order valence-electron chi connectivity index (χ3n) is 1.31. The molecule has 5 heteroatoms. The van der Waals surface area contributed by atoms with Crippen LogP contribution < -0.4 is 0 Å². The Morgan fingerprint density at radius 2 is 2.17 bits per heavy atom. The lowest BCUT2D eigenvalue weighted by molar-refractivity contribution is -0.164. The Hall–Kier alpha value is -1.36. The lowest BCUT2D eigenvalue weighted by Gasteiger charge is -2.21. The lowest BCUT2D eigenvalue weighted by atomic mass is 10.4. The molecular weight excluding hydrogens is 162 g/mol. The summed E-state index contributed by atoms with van der Waals surface area (Å²) in [6.45, 7) is 3.22. The molecule has 0 fully saturated rings. The van der Waals surface area contributed by atoms with E-state index in [2.05, 4.69) is 11.3 Å². The highest BCUT2D eigenvalue weighted by Gasteiger charge is 2.24. The van der Waals surface area contributed by atoms with Crippen LogP contribution in [0, 0.1) is 0 Å². The Labute approximate surface area is 70.2 Å². The monoisotopic (exact) mass is 173 g/mol. The summed E-state index contributed by atoms with van der Waals surface area (Å²) in [7, 11) is 2.54. The van der Waals surface area contributed by atoms with E-state index in [1.807, 2.05) is 0 Å². The van der Waals surface area contributed by atoms with Gasteiger partial charge in [-0.3, -0.25) is 4.79 Å². The van der Waals surface area contributed by atoms with Crippen LogP contribution in [0.4, 0.5) is 0 Å². The number of rotatable bonds is 4. The highest BCUT2D eigenvalue weighted by Crippen LogP contribution is 1.98. The third kappa shape index (κ3) is 2.35. The fourth-order valence-corrected chi connectivity index (χ4v) is 0.684. The second-order valence-corrected chi connectivity index (χ2v) is 2.08. The summed E-state index contributed by atoms with van der Waals surface area (Å²) in [6, 6.07) is 0. The summed E-state index contributed by atoms with van der Waals surface area (Å²) < 4.78 is 4.55. The maximum absolute atomic E-state index is 10.9. The van der Waals surface area contributed by atoms with Gasteiger partial charge in [0.05, 0.1) is 0 Å². The number of hydrogen-bond acceptors (Lipinski definition) is 3. The van der Waals surface area contributed by atoms with E-state index in [0.717, 1.165) is 11.0 Å². The van der Waals surface area contributed by atoms with Crippen molar-refractivity contribution in [2.24, 2.45) is 0 Å². The zero-order valence-electron chi connectivity index (χ0n) is 6.98. The van der Waals surface area contributed by atoms with Crippen LogP contribution in [-0.2, 0) is 14.3 Å². The van der Waals surface area contributed by atoms with Crippen molar-refractivity contribution in [1.29, 1.82) is 0 Å². The van der Waals surface area contributed by atoms with E-state index in [4.69, 9.17) is 5.11 Å². The Morgan fingerprint density at radius 1 is 1.67 bits per heavy atom. The van der Waals surface area contributed by atoms with Crippen LogP contribution >= 0.6 is 0 Å². The first-order valence-corrected chi connectivity index (χ1v) is 3.19. The Bertz CT molecular complexity index is 202. The van der Waals surface area contributed by atoms with Gasteiger partial charge in [-0.25, -0.2) is 4.79 Å². The summed E-state index contributed by atoms with van der Waals surface area (Å²) in [5.41, 5.74) is 0. The first kappa shape index (κ1) is 10.6. The van der Waals surface area contributed by atoms with Crippen LogP contribution in [0.1, 0.15) is 0 Å². The molecule has 1 N–H and O–H groups in total. The maximum atomic E-state index is 10.9. The van der Waals surface area contributed by atoms with Gasteiger partial charge in [-0.2, -0.15) is 0 Å². The lowest BCUT2D eigenvalue weighted by Crippen LogP contribution is -2.42. The highest BCUT2D eigenvalue weighted by atomic mass is 16.5. The molecule has 0 spiro atoms. The van der Waals surface area contributed by atoms with E-state index < -0.39 is 18.1 Å². The fraction of sp³-hybridized carbons (Fsp3) is 0.429. The number of hydrogen-bond donors (Lipinski definition) is 1. The zero-order chi connectivity index (χ0) is 9.72. The molecule has 0 aromatic heterocycles. The van der Waals surface area contributed by atoms with Crippen molar-refractivity contribution in [2.75, 3.05) is 14.2 Å². The molecule has 0 aliphatic heterocycles. The standard InChI is InChI=1S/C7H11NO4/c1-4-5(9)8(2)6(12-3)7(10)11/h4,6H,1H2,2-3H3,(H,10,11). The van der Waals surface area contributed by atoms with Crippen molar-refractivity contribution >= 4 is 11.9 Å². The first-order valence-electron chi connectivity index (χ1n) is 3.19. The van der Waals surface area contributed by atoms with Crippen LogP contribution in [0.3, 0.4) is 0 Å². The smallest absolute Gasteiger partial charge is 0.354 e. The number of likely N-dealkylation sites (N-methyl/N-ethyl adjacent to an activating group) is 1. The molecule has 0 bridgehead atoms. The Morgan fingerprint density at radius 3 is 2.42 bits per heavy atom. The van der Waals surface area contributed by atoms with Gasteiger partial charge in [0.1, 0.15) is 0 Å². The minimum absolute atomic E-state index is 0.496. The number of methoxy groups -OCH3 is 1. The van der Waals surface area contributed by atoms with Crippen molar-refractivity contribution in [2.45, 2.75) is 6.23 Å². The van der Waals surface area contributed by atoms with Gasteiger partial charge >= 0.3 is 5.97 Å². The molecule has 1 atom stereocenters. The predicted octanol–water partition coefficient (Wildman–Crippen LogP) is -0.312. The van der Waals surface area contributed by atoms with Gasteiger partial charge in [0.2, 0.25) is 12.1 Å². The van der Waals surface area contributed by atoms with Crippen molar-refractivity contribution in [3.8, 4) is 0 Å². The van der Waals surface area contributed by atoms with E-state index in [1.165, 1.54) is 14.2 Å². The van der Waals surface area contributed by atoms with Crippen LogP contribution in [0.5, 0.6) is 0 Å². The molecule has 68 valence electrons. The average Bonchev–Trinajstić information content (AvgIpc) is 2.03. The number of carbonyl (C=O) groups excluding carboxylic acids is 1. The number of aliphatic carboxylic acids is 1. The minimum atomic E-state index is -1.25. The molecule has 0 radical (unpaired) electrons. The largest absolute Gasteiger partial charge is 0.478 e. The first-order chi connectivity index (χ1) is 5.54. The molecule has 1 amide bonds. The quantitative estimate of drug-likeness (QED) is 0.467. The molecular formula is C7H11NO4. The summed E-state index contributed by atoms with van der Waals surface area (Å²) in [4.78, 5) is 22.3. The molecule has 0 aromatic carbocycles. The molecule has 12 heavy (non-hydrogen) atoms. The van der Waals surface area contributed by atoms with E-state index in [-0.39, 0.29) is 0 Å². The molecule has 0 aliphatic carbocycles. The number of ether oxygens (including phenoxy) is 1. The number of carboxylic acids is 1. The van der Waals surface area contributed by atoms with Gasteiger partial charge in [-0.1, -0.05) is 6.58 Å². The van der Waals surface area contributed by atoms with Crippen molar-refractivity contribution in [3.05, 3.63) is 12.7 Å². The third-order valence-corrected chi connectivity index (χ3v) is 1.31. The van der Waals surface area contributed by atoms with Crippen LogP contribution in [-0.4, -0.2) is 42.3 Å². The number of carbonyl (C=O) groups is 2. The van der Waals surface area contributed by atoms with Gasteiger partial charge in [-0.05, 0) is 6.08 Å². The van der Waals surface area contributed by atoms with Crippen molar-refractivity contribution < 1.29 is 19.4 Å². The Balaban J connectivity index is 4.40. The molecule has 0 saturated heterocycles. The van der Waals surface area contributed by atoms with E-state index in [0.29, 0.717) is 0 Å². The topological polar surface area (TPSA) is 66.8 Å². The van der Waals surface area contributed by atoms with Gasteiger partial charge in [0.25, 0.3) is 0 Å². The van der Waals surface area contributed by atoms with Crippen molar-refractivity contribution in [3.63, 3.8) is 0 Å². The second-order valence-electron chi connectivity index (χ2n) is 2.08. The Kier molecular flexibility index (Phi) is 3.99. The zero-order valence-corrected chi connectivity index (χ0v) is 6.98. The number of nitrogens with zero attached hydrogens (tertiary/aromatic N) is 1. The van der Waals surface area contributed by atoms with Gasteiger partial charge in [-0.15, -0.1) is 0 Å². The molecule has 0 aliphatic rings. The summed E-state index contributed by atoms with van der Waals surface area (Å²) >= 11 is 0. The SMILES string of the molecule is C=CC(=O)N(C)C(OC)C(=O)O. The summed E-state index contributed by atoms with van der Waals surface area (Å²) in [5, 5.41) is 8.53. The predicted molar refractivity (Wildman–Crippen MR) is 41.4 cm³/mol. The van der Waals surface area contributed by atoms with Crippen LogP contribution in [0.15, 0.2) is 12.7 Å². The average molecular weight is 173 g/mol. The molecule has 5 nitrogen and oxygen atoms in total. The van der Waals surface area contributed by atoms with Gasteiger partial charge < -0.3 is 14.7 Å². The van der Waals surface area contributed by atoms with Crippen LogP contribution in [0.2, 0.25) is 0 Å². The van der Waals surface area contributed by atoms with Crippen LogP contribution in [0.25, 0.3) is 0 Å². The molecule has 0 aromatic rings. The summed E-state index contributed by atoms with van der Waals surface area (Å²) in [5.74, 6) is -1.71.